The average Bonchev–Trinajstić information content (AvgIpc) is 3.51. The molecule has 166 valence electrons. The molecule has 2 aromatic rings. The number of pyridine rings is 1. The van der Waals surface area contributed by atoms with Gasteiger partial charge >= 0.3 is 6.03 Å². The van der Waals surface area contributed by atoms with Crippen molar-refractivity contribution in [3.63, 3.8) is 0 Å². The van der Waals surface area contributed by atoms with Crippen molar-refractivity contribution in [3.8, 4) is 17.2 Å². The van der Waals surface area contributed by atoms with E-state index in [1.165, 1.54) is 12.8 Å². The number of urea groups is 1. The summed E-state index contributed by atoms with van der Waals surface area (Å²) in [7, 11) is 0. The summed E-state index contributed by atoms with van der Waals surface area (Å²) in [4.78, 5) is 28.3. The molecule has 3 saturated carbocycles. The van der Waals surface area contributed by atoms with Gasteiger partial charge in [0.25, 0.3) is 0 Å². The molecule has 0 bridgehead atoms. The zero-order valence-electron chi connectivity index (χ0n) is 17.7. The quantitative estimate of drug-likeness (QED) is 0.575. The number of amides is 3. The molecule has 1 aromatic heterocycles. The first-order valence-corrected chi connectivity index (χ1v) is 11.4. The number of benzene rings is 1. The fourth-order valence-corrected chi connectivity index (χ4v) is 5.45. The monoisotopic (exact) mass is 434 g/mol. The van der Waals surface area contributed by atoms with E-state index >= 15 is 0 Å². The minimum Gasteiger partial charge on any atom is -0.508 e. The number of ether oxygens (including phenoxy) is 1. The molecule has 8 nitrogen and oxygen atoms in total. The number of fused-ring (bicyclic) bond motifs is 2. The SMILES string of the molecule is O=C1CCc2c(Oc3ccc(O)c(C4C5CC54NC(=O)NC4CCCC4)c3)ccnc2N1. The van der Waals surface area contributed by atoms with Crippen LogP contribution in [0.15, 0.2) is 30.5 Å². The normalized spacial score (nSPS) is 27.7. The zero-order chi connectivity index (χ0) is 21.9. The number of hydrogen-bond acceptors (Lipinski definition) is 5. The van der Waals surface area contributed by atoms with Gasteiger partial charge in [0.2, 0.25) is 5.91 Å². The first-order chi connectivity index (χ1) is 15.5. The molecule has 1 aromatic carbocycles. The Bertz CT molecular complexity index is 1110. The van der Waals surface area contributed by atoms with Crippen LogP contribution in [0.5, 0.6) is 17.2 Å². The molecule has 3 amide bonds. The van der Waals surface area contributed by atoms with E-state index in [0.29, 0.717) is 36.1 Å². The number of nitrogens with zero attached hydrogens (tertiary/aromatic N) is 1. The van der Waals surface area contributed by atoms with E-state index in [-0.39, 0.29) is 35.2 Å². The number of aromatic nitrogens is 1. The van der Waals surface area contributed by atoms with Crippen molar-refractivity contribution < 1.29 is 19.4 Å². The Hall–Kier alpha value is -3.29. The van der Waals surface area contributed by atoms with Gasteiger partial charge in [-0.1, -0.05) is 12.8 Å². The van der Waals surface area contributed by atoms with Gasteiger partial charge in [-0.2, -0.15) is 0 Å². The maximum absolute atomic E-state index is 12.5. The van der Waals surface area contributed by atoms with Crippen LogP contribution in [-0.4, -0.2) is 33.6 Å². The van der Waals surface area contributed by atoms with Gasteiger partial charge in [0, 0.05) is 35.7 Å². The number of anilines is 1. The van der Waals surface area contributed by atoms with Crippen LogP contribution in [0.25, 0.3) is 0 Å². The third-order valence-electron chi connectivity index (χ3n) is 7.38. The molecule has 3 aliphatic carbocycles. The van der Waals surface area contributed by atoms with Crippen LogP contribution in [0, 0.1) is 5.92 Å². The van der Waals surface area contributed by atoms with Crippen LogP contribution < -0.4 is 20.7 Å². The molecule has 4 N–H and O–H groups in total. The molecular formula is C24H26N4O4. The van der Waals surface area contributed by atoms with E-state index in [1.807, 2.05) is 6.07 Å². The minimum absolute atomic E-state index is 0.0446. The third-order valence-corrected chi connectivity index (χ3v) is 7.38. The van der Waals surface area contributed by atoms with E-state index in [4.69, 9.17) is 4.74 Å². The lowest BCUT2D eigenvalue weighted by Crippen LogP contribution is -2.44. The van der Waals surface area contributed by atoms with Crippen LogP contribution in [0.1, 0.15) is 55.6 Å². The second-order valence-electron chi connectivity index (χ2n) is 9.42. The molecule has 3 fully saturated rings. The van der Waals surface area contributed by atoms with Gasteiger partial charge in [-0.25, -0.2) is 9.78 Å². The molecule has 1 aliphatic heterocycles. The Balaban J connectivity index is 1.17. The summed E-state index contributed by atoms with van der Waals surface area (Å²) in [5.41, 5.74) is 1.44. The fourth-order valence-electron chi connectivity index (χ4n) is 5.45. The number of phenols is 1. The lowest BCUT2D eigenvalue weighted by Gasteiger charge is -2.20. The lowest BCUT2D eigenvalue weighted by atomic mass is 9.99. The highest BCUT2D eigenvalue weighted by Gasteiger charge is 2.80. The molecule has 0 radical (unpaired) electrons. The fraction of sp³-hybridized carbons (Fsp3) is 0.458. The van der Waals surface area contributed by atoms with Crippen molar-refractivity contribution in [1.29, 1.82) is 0 Å². The highest BCUT2D eigenvalue weighted by Crippen LogP contribution is 2.77. The lowest BCUT2D eigenvalue weighted by molar-refractivity contribution is -0.116. The summed E-state index contributed by atoms with van der Waals surface area (Å²) in [5, 5.41) is 19.5. The molecule has 32 heavy (non-hydrogen) atoms. The second kappa shape index (κ2) is 7.12. The van der Waals surface area contributed by atoms with Crippen molar-refractivity contribution in [2.24, 2.45) is 5.92 Å². The highest BCUT2D eigenvalue weighted by molar-refractivity contribution is 5.93. The van der Waals surface area contributed by atoms with Crippen molar-refractivity contribution in [1.82, 2.24) is 15.6 Å². The van der Waals surface area contributed by atoms with Crippen LogP contribution in [0.2, 0.25) is 0 Å². The number of phenolic OH excluding ortho intramolecular Hbond substituents is 1. The average molecular weight is 434 g/mol. The maximum Gasteiger partial charge on any atom is 0.315 e. The molecule has 2 heterocycles. The maximum atomic E-state index is 12.5. The predicted molar refractivity (Wildman–Crippen MR) is 117 cm³/mol. The summed E-state index contributed by atoms with van der Waals surface area (Å²) >= 11 is 0. The van der Waals surface area contributed by atoms with Gasteiger partial charge in [-0.3, -0.25) is 4.79 Å². The van der Waals surface area contributed by atoms with Gasteiger partial charge in [0.05, 0.1) is 5.54 Å². The van der Waals surface area contributed by atoms with E-state index in [2.05, 4.69) is 20.9 Å². The van der Waals surface area contributed by atoms with Crippen LogP contribution in [0.3, 0.4) is 0 Å². The van der Waals surface area contributed by atoms with Gasteiger partial charge in [-0.15, -0.1) is 0 Å². The summed E-state index contributed by atoms with van der Waals surface area (Å²) in [6, 6.07) is 7.20. The van der Waals surface area contributed by atoms with Crippen molar-refractivity contribution in [2.75, 3.05) is 5.32 Å². The highest BCUT2D eigenvalue weighted by atomic mass is 16.5. The smallest absolute Gasteiger partial charge is 0.315 e. The first kappa shape index (κ1) is 19.4. The summed E-state index contributed by atoms with van der Waals surface area (Å²) in [6.07, 6.45) is 7.98. The minimum atomic E-state index is -0.237. The van der Waals surface area contributed by atoms with Crippen molar-refractivity contribution >= 4 is 17.8 Å². The van der Waals surface area contributed by atoms with Gasteiger partial charge in [-0.05, 0) is 55.9 Å². The Morgan fingerprint density at radius 1 is 1.22 bits per heavy atom. The van der Waals surface area contributed by atoms with Gasteiger partial charge < -0.3 is 25.8 Å². The molecule has 4 aliphatic rings. The van der Waals surface area contributed by atoms with Gasteiger partial charge in [0.15, 0.2) is 0 Å². The Labute approximate surface area is 185 Å². The first-order valence-electron chi connectivity index (χ1n) is 11.4. The molecule has 0 spiro atoms. The molecule has 3 atom stereocenters. The molecule has 0 saturated heterocycles. The van der Waals surface area contributed by atoms with E-state index in [0.717, 1.165) is 30.4 Å². The van der Waals surface area contributed by atoms with Crippen LogP contribution in [-0.2, 0) is 11.2 Å². The number of aromatic hydroxyl groups is 1. The largest absolute Gasteiger partial charge is 0.508 e. The summed E-state index contributed by atoms with van der Waals surface area (Å²) < 4.78 is 6.14. The van der Waals surface area contributed by atoms with Crippen LogP contribution >= 0.6 is 0 Å². The zero-order valence-corrected chi connectivity index (χ0v) is 17.7. The molecule has 8 heteroatoms. The predicted octanol–water partition coefficient (Wildman–Crippen LogP) is 3.56. The Morgan fingerprint density at radius 2 is 2.06 bits per heavy atom. The third kappa shape index (κ3) is 3.25. The number of hydrogen-bond donors (Lipinski definition) is 4. The van der Waals surface area contributed by atoms with E-state index in [9.17, 15) is 14.7 Å². The van der Waals surface area contributed by atoms with Crippen molar-refractivity contribution in [3.05, 3.63) is 41.6 Å². The number of carbonyl (C=O) groups is 2. The number of nitrogens with one attached hydrogen (secondary N) is 3. The standard InChI is InChI=1S/C24H26N4O4/c29-18-7-5-14(32-19-9-10-25-22-15(19)6-8-20(30)27-22)11-16(18)21-17-12-24(17,21)28-23(31)26-13-3-1-2-4-13/h5,7,9-11,13,17,21,29H,1-4,6,8,12H2,(H,25,27,30)(H2,26,28,31). The topological polar surface area (TPSA) is 113 Å². The van der Waals surface area contributed by atoms with E-state index in [1.54, 1.807) is 24.4 Å². The Morgan fingerprint density at radius 3 is 2.88 bits per heavy atom. The number of carbonyl (C=O) groups excluding carboxylic acids is 2. The number of rotatable bonds is 5. The molecule has 6 rings (SSSR count). The Kier molecular flexibility index (Phi) is 4.31. The van der Waals surface area contributed by atoms with E-state index < -0.39 is 0 Å². The van der Waals surface area contributed by atoms with Gasteiger partial charge in [0.1, 0.15) is 23.1 Å². The molecular weight excluding hydrogens is 408 g/mol. The summed E-state index contributed by atoms with van der Waals surface area (Å²) in [5.74, 6) is 2.44. The summed E-state index contributed by atoms with van der Waals surface area (Å²) in [6.45, 7) is 0. The van der Waals surface area contributed by atoms with Crippen molar-refractivity contribution in [2.45, 2.75) is 62.4 Å². The second-order valence-corrected chi connectivity index (χ2v) is 9.42. The molecule has 3 unspecified atom stereocenters. The van der Waals surface area contributed by atoms with Crippen LogP contribution in [0.4, 0.5) is 10.6 Å².